The molecule has 3 nitrogen and oxygen atoms in total. The first kappa shape index (κ1) is 15.1. The van der Waals surface area contributed by atoms with E-state index < -0.39 is 0 Å². The minimum atomic E-state index is 0.297. The van der Waals surface area contributed by atoms with Crippen molar-refractivity contribution < 1.29 is 4.74 Å². The average molecular weight is 343 g/mol. The molecule has 2 heterocycles. The maximum Gasteiger partial charge on any atom is 0.190 e. The first-order valence-electron chi connectivity index (χ1n) is 6.90. The number of rotatable bonds is 3. The van der Waals surface area contributed by atoms with Crippen LogP contribution in [0.4, 0.5) is 5.69 Å². The topological polar surface area (TPSA) is 26.5 Å². The molecule has 112 valence electrons. The Bertz CT molecular complexity index is 702. The summed E-state index contributed by atoms with van der Waals surface area (Å²) < 4.78 is 7.94. The Kier molecular flexibility index (Phi) is 4.69. The van der Waals surface area contributed by atoms with Crippen molar-refractivity contribution in [2.75, 3.05) is 6.61 Å². The van der Waals surface area contributed by atoms with E-state index in [1.807, 2.05) is 6.07 Å². The molecule has 1 atom stereocenters. The molecule has 2 aromatic rings. The number of hydrogen-bond acceptors (Lipinski definition) is 3. The van der Waals surface area contributed by atoms with Gasteiger partial charge in [-0.3, -0.25) is 0 Å². The van der Waals surface area contributed by atoms with Gasteiger partial charge in [-0.05, 0) is 38.0 Å². The lowest BCUT2D eigenvalue weighted by Crippen LogP contribution is -2.24. The predicted octanol–water partition coefficient (Wildman–Crippen LogP) is 4.58. The molecule has 1 fully saturated rings. The van der Waals surface area contributed by atoms with Crippen LogP contribution in [0.3, 0.4) is 0 Å². The first-order chi connectivity index (χ1) is 10.1. The van der Waals surface area contributed by atoms with E-state index >= 15 is 0 Å². The van der Waals surface area contributed by atoms with Crippen molar-refractivity contribution in [3.63, 3.8) is 0 Å². The van der Waals surface area contributed by atoms with Gasteiger partial charge in [0.15, 0.2) is 4.80 Å². The second-order valence-corrected chi connectivity index (χ2v) is 6.77. The Balaban J connectivity index is 1.93. The van der Waals surface area contributed by atoms with Gasteiger partial charge in [-0.1, -0.05) is 23.2 Å². The molecule has 0 saturated carbocycles. The third-order valence-electron chi connectivity index (χ3n) is 3.53. The van der Waals surface area contributed by atoms with Crippen molar-refractivity contribution in [2.24, 2.45) is 4.99 Å². The number of hydrogen-bond donors (Lipinski definition) is 0. The van der Waals surface area contributed by atoms with Gasteiger partial charge >= 0.3 is 0 Å². The number of nitrogens with zero attached hydrogens (tertiary/aromatic N) is 2. The zero-order chi connectivity index (χ0) is 14.8. The summed E-state index contributed by atoms with van der Waals surface area (Å²) in [5.41, 5.74) is 2.02. The van der Waals surface area contributed by atoms with Crippen molar-refractivity contribution in [2.45, 2.75) is 32.4 Å². The Morgan fingerprint density at radius 1 is 1.38 bits per heavy atom. The van der Waals surface area contributed by atoms with Gasteiger partial charge in [0.05, 0.1) is 28.4 Å². The Hall–Kier alpha value is -0.810. The fourth-order valence-corrected chi connectivity index (χ4v) is 3.58. The van der Waals surface area contributed by atoms with E-state index in [0.717, 1.165) is 36.5 Å². The van der Waals surface area contributed by atoms with Crippen LogP contribution in [-0.2, 0) is 11.3 Å². The third-order valence-corrected chi connectivity index (χ3v) is 5.25. The predicted molar refractivity (Wildman–Crippen MR) is 87.7 cm³/mol. The average Bonchev–Trinajstić information content (AvgIpc) is 3.08. The molecule has 1 aromatic carbocycles. The highest BCUT2D eigenvalue weighted by molar-refractivity contribution is 7.07. The molecule has 3 rings (SSSR count). The molecule has 0 amide bonds. The lowest BCUT2D eigenvalue weighted by atomic mass is 10.2. The molecule has 0 unspecified atom stereocenters. The molecule has 1 saturated heterocycles. The maximum atomic E-state index is 6.05. The van der Waals surface area contributed by atoms with Crippen LogP contribution in [-0.4, -0.2) is 17.3 Å². The van der Waals surface area contributed by atoms with E-state index in [4.69, 9.17) is 27.9 Å². The normalized spacial score (nSPS) is 19.4. The Morgan fingerprint density at radius 2 is 2.24 bits per heavy atom. The van der Waals surface area contributed by atoms with Crippen molar-refractivity contribution in [3.05, 3.63) is 44.1 Å². The SMILES string of the molecule is Cc1csc(=Nc2ccc(Cl)c(Cl)c2)n1C[C@@H]1CCCO1. The number of aromatic nitrogens is 1. The molecule has 1 aliphatic heterocycles. The summed E-state index contributed by atoms with van der Waals surface area (Å²) in [6, 6.07) is 5.43. The van der Waals surface area contributed by atoms with Crippen molar-refractivity contribution in [3.8, 4) is 0 Å². The van der Waals surface area contributed by atoms with Crippen LogP contribution < -0.4 is 4.80 Å². The van der Waals surface area contributed by atoms with E-state index in [9.17, 15) is 0 Å². The second-order valence-electron chi connectivity index (χ2n) is 5.12. The number of ether oxygens (including phenoxy) is 1. The fraction of sp³-hybridized carbons (Fsp3) is 0.400. The molecule has 1 aliphatic rings. The zero-order valence-electron chi connectivity index (χ0n) is 11.7. The van der Waals surface area contributed by atoms with Gasteiger partial charge in [-0.25, -0.2) is 4.99 Å². The van der Waals surface area contributed by atoms with Gasteiger partial charge in [-0.2, -0.15) is 0 Å². The number of benzene rings is 1. The summed E-state index contributed by atoms with van der Waals surface area (Å²) in [5.74, 6) is 0. The summed E-state index contributed by atoms with van der Waals surface area (Å²) in [7, 11) is 0. The van der Waals surface area contributed by atoms with E-state index in [1.54, 1.807) is 23.5 Å². The van der Waals surface area contributed by atoms with Gasteiger partial charge < -0.3 is 9.30 Å². The summed E-state index contributed by atoms with van der Waals surface area (Å²) in [4.78, 5) is 5.65. The highest BCUT2D eigenvalue weighted by atomic mass is 35.5. The quantitative estimate of drug-likeness (QED) is 0.801. The van der Waals surface area contributed by atoms with Crippen LogP contribution in [0.2, 0.25) is 10.0 Å². The summed E-state index contributed by atoms with van der Waals surface area (Å²) in [6.45, 7) is 3.82. The maximum absolute atomic E-state index is 6.05. The van der Waals surface area contributed by atoms with Crippen LogP contribution in [0, 0.1) is 6.92 Å². The second kappa shape index (κ2) is 6.53. The molecular weight excluding hydrogens is 327 g/mol. The van der Waals surface area contributed by atoms with E-state index in [0.29, 0.717) is 16.1 Å². The van der Waals surface area contributed by atoms with Crippen molar-refractivity contribution in [1.29, 1.82) is 0 Å². The monoisotopic (exact) mass is 342 g/mol. The highest BCUT2D eigenvalue weighted by Gasteiger charge is 2.17. The molecule has 1 aromatic heterocycles. The summed E-state index contributed by atoms with van der Waals surface area (Å²) >= 11 is 13.6. The molecule has 6 heteroatoms. The van der Waals surface area contributed by atoms with E-state index in [-0.39, 0.29) is 0 Å². The van der Waals surface area contributed by atoms with Crippen molar-refractivity contribution in [1.82, 2.24) is 4.57 Å². The zero-order valence-corrected chi connectivity index (χ0v) is 14.0. The summed E-state index contributed by atoms with van der Waals surface area (Å²) in [5, 5.41) is 3.19. The van der Waals surface area contributed by atoms with Crippen molar-refractivity contribution >= 4 is 40.2 Å². The molecule has 0 bridgehead atoms. The third kappa shape index (κ3) is 3.51. The Morgan fingerprint density at radius 3 is 2.95 bits per heavy atom. The molecule has 0 radical (unpaired) electrons. The van der Waals surface area contributed by atoms with E-state index in [2.05, 4.69) is 21.9 Å². The lowest BCUT2D eigenvalue weighted by molar-refractivity contribution is 0.0959. The number of halogens is 2. The van der Waals surface area contributed by atoms with Crippen LogP contribution in [0.25, 0.3) is 0 Å². The number of aryl methyl sites for hydroxylation is 1. The van der Waals surface area contributed by atoms with Gasteiger partial charge in [-0.15, -0.1) is 11.3 Å². The smallest absolute Gasteiger partial charge is 0.190 e. The van der Waals surface area contributed by atoms with Crippen LogP contribution >= 0.6 is 34.5 Å². The molecule has 0 spiro atoms. The first-order valence-corrected chi connectivity index (χ1v) is 8.53. The largest absolute Gasteiger partial charge is 0.376 e. The minimum Gasteiger partial charge on any atom is -0.376 e. The van der Waals surface area contributed by atoms with Gasteiger partial charge in [0.25, 0.3) is 0 Å². The van der Waals surface area contributed by atoms with Crippen LogP contribution in [0.1, 0.15) is 18.5 Å². The number of thiazole rings is 1. The van der Waals surface area contributed by atoms with Crippen LogP contribution in [0.15, 0.2) is 28.6 Å². The van der Waals surface area contributed by atoms with E-state index in [1.165, 1.54) is 5.69 Å². The van der Waals surface area contributed by atoms with Gasteiger partial charge in [0.2, 0.25) is 0 Å². The standard InChI is InChI=1S/C15H16Cl2N2OS/c1-10-9-21-15(19(10)8-12-3-2-6-20-12)18-11-4-5-13(16)14(17)7-11/h4-5,7,9,12H,2-3,6,8H2,1H3/t12-/m0/s1. The Labute approximate surface area is 137 Å². The fourth-order valence-electron chi connectivity index (χ4n) is 2.38. The van der Waals surface area contributed by atoms with Crippen LogP contribution in [0.5, 0.6) is 0 Å². The molecular formula is C15H16Cl2N2OS. The summed E-state index contributed by atoms with van der Waals surface area (Å²) in [6.07, 6.45) is 2.56. The van der Waals surface area contributed by atoms with Gasteiger partial charge in [0.1, 0.15) is 0 Å². The molecule has 0 N–H and O–H groups in total. The molecule has 0 aliphatic carbocycles. The molecule has 21 heavy (non-hydrogen) atoms. The highest BCUT2D eigenvalue weighted by Crippen LogP contribution is 2.26. The lowest BCUT2D eigenvalue weighted by Gasteiger charge is -2.12. The van der Waals surface area contributed by atoms with Gasteiger partial charge in [0, 0.05) is 17.7 Å². The minimum absolute atomic E-state index is 0.297.